The molecular formula is C20H22FN5O. The van der Waals surface area contributed by atoms with Gasteiger partial charge in [0.05, 0.1) is 23.5 Å². The number of piperidine rings is 1. The Labute approximate surface area is 157 Å². The van der Waals surface area contributed by atoms with E-state index in [4.69, 9.17) is 0 Å². The number of amides is 1. The van der Waals surface area contributed by atoms with Crippen LogP contribution >= 0.6 is 0 Å². The van der Waals surface area contributed by atoms with Crippen molar-refractivity contribution < 1.29 is 9.18 Å². The summed E-state index contributed by atoms with van der Waals surface area (Å²) in [6.07, 6.45) is 6.23. The van der Waals surface area contributed by atoms with Gasteiger partial charge in [-0.05, 0) is 50.3 Å². The van der Waals surface area contributed by atoms with Crippen molar-refractivity contribution >= 4 is 11.6 Å². The quantitative estimate of drug-likeness (QED) is 0.874. The highest BCUT2D eigenvalue weighted by molar-refractivity contribution is 5.79. The zero-order valence-corrected chi connectivity index (χ0v) is 15.0. The van der Waals surface area contributed by atoms with Gasteiger partial charge in [0.2, 0.25) is 5.91 Å². The molecule has 6 nitrogen and oxygen atoms in total. The Kier molecular flexibility index (Phi) is 4.80. The van der Waals surface area contributed by atoms with E-state index in [9.17, 15) is 14.4 Å². The standard InChI is InChI=1S/C20H22FN5O/c21-15-4-5-19(14(10-15)11-22)26-8-6-13(7-9-26)20(27)24-17-2-1-3-18-16(17)12-23-25-18/h4-5,10,12-13,17H,1-3,6-9H2,(H,23,25)(H,24,27). The van der Waals surface area contributed by atoms with E-state index >= 15 is 0 Å². The van der Waals surface area contributed by atoms with Gasteiger partial charge in [-0.1, -0.05) is 0 Å². The molecule has 2 aromatic rings. The molecular weight excluding hydrogens is 345 g/mol. The number of aromatic nitrogens is 2. The first-order chi connectivity index (χ1) is 13.2. The highest BCUT2D eigenvalue weighted by Crippen LogP contribution is 2.30. The fourth-order valence-corrected chi connectivity index (χ4v) is 4.16. The van der Waals surface area contributed by atoms with E-state index in [-0.39, 0.29) is 17.9 Å². The molecule has 1 fully saturated rings. The monoisotopic (exact) mass is 367 g/mol. The van der Waals surface area contributed by atoms with Gasteiger partial charge in [0, 0.05) is 30.3 Å². The van der Waals surface area contributed by atoms with Crippen LogP contribution in [-0.4, -0.2) is 29.2 Å². The summed E-state index contributed by atoms with van der Waals surface area (Å²) in [6, 6.07) is 6.39. The fraction of sp³-hybridized carbons (Fsp3) is 0.450. The molecule has 1 amide bonds. The average Bonchev–Trinajstić information content (AvgIpc) is 3.18. The number of aryl methyl sites for hydroxylation is 1. The number of nitrogens with one attached hydrogen (secondary N) is 2. The third-order valence-electron chi connectivity index (χ3n) is 5.65. The van der Waals surface area contributed by atoms with Crippen LogP contribution in [0, 0.1) is 23.1 Å². The second-order valence-corrected chi connectivity index (χ2v) is 7.29. The molecule has 1 unspecified atom stereocenters. The number of anilines is 1. The lowest BCUT2D eigenvalue weighted by molar-refractivity contribution is -0.126. The average molecular weight is 367 g/mol. The lowest BCUT2D eigenvalue weighted by Crippen LogP contribution is -2.42. The summed E-state index contributed by atoms with van der Waals surface area (Å²) in [6.45, 7) is 1.36. The second kappa shape index (κ2) is 7.39. The van der Waals surface area contributed by atoms with Crippen LogP contribution in [0.15, 0.2) is 24.4 Å². The molecule has 27 heavy (non-hydrogen) atoms. The van der Waals surface area contributed by atoms with E-state index in [2.05, 4.69) is 26.5 Å². The molecule has 1 aromatic heterocycles. The van der Waals surface area contributed by atoms with Gasteiger partial charge in [-0.2, -0.15) is 10.4 Å². The molecule has 1 aliphatic carbocycles. The zero-order chi connectivity index (χ0) is 18.8. The predicted molar refractivity (Wildman–Crippen MR) is 98.5 cm³/mol. The van der Waals surface area contributed by atoms with Crippen LogP contribution in [0.25, 0.3) is 0 Å². The fourth-order valence-electron chi connectivity index (χ4n) is 4.16. The topological polar surface area (TPSA) is 84.8 Å². The van der Waals surface area contributed by atoms with Crippen LogP contribution in [-0.2, 0) is 11.2 Å². The molecule has 2 N–H and O–H groups in total. The summed E-state index contributed by atoms with van der Waals surface area (Å²) >= 11 is 0. The summed E-state index contributed by atoms with van der Waals surface area (Å²) in [5.74, 6) is -0.353. The first-order valence-corrected chi connectivity index (χ1v) is 9.43. The molecule has 1 saturated heterocycles. The highest BCUT2D eigenvalue weighted by atomic mass is 19.1. The van der Waals surface area contributed by atoms with Crippen LogP contribution in [0.3, 0.4) is 0 Å². The minimum Gasteiger partial charge on any atom is -0.370 e. The lowest BCUT2D eigenvalue weighted by atomic mass is 9.91. The van der Waals surface area contributed by atoms with Gasteiger partial charge in [-0.3, -0.25) is 9.89 Å². The van der Waals surface area contributed by atoms with E-state index in [1.807, 2.05) is 6.20 Å². The second-order valence-electron chi connectivity index (χ2n) is 7.29. The van der Waals surface area contributed by atoms with Crippen LogP contribution in [0.5, 0.6) is 0 Å². The third kappa shape index (κ3) is 3.52. The number of benzene rings is 1. The molecule has 2 heterocycles. The number of carbonyl (C=O) groups excluding carboxylic acids is 1. The first-order valence-electron chi connectivity index (χ1n) is 9.43. The van der Waals surface area contributed by atoms with Gasteiger partial charge in [0.25, 0.3) is 0 Å². The molecule has 1 aliphatic heterocycles. The third-order valence-corrected chi connectivity index (χ3v) is 5.65. The summed E-state index contributed by atoms with van der Waals surface area (Å²) < 4.78 is 13.3. The van der Waals surface area contributed by atoms with Crippen molar-refractivity contribution in [2.24, 2.45) is 5.92 Å². The summed E-state index contributed by atoms with van der Waals surface area (Å²) in [7, 11) is 0. The maximum atomic E-state index is 13.3. The van der Waals surface area contributed by atoms with Crippen molar-refractivity contribution in [2.75, 3.05) is 18.0 Å². The van der Waals surface area contributed by atoms with Crippen molar-refractivity contribution in [3.8, 4) is 6.07 Å². The Morgan fingerprint density at radius 2 is 2.15 bits per heavy atom. The molecule has 0 saturated carbocycles. The van der Waals surface area contributed by atoms with Crippen molar-refractivity contribution in [3.05, 3.63) is 47.0 Å². The number of nitriles is 1. The van der Waals surface area contributed by atoms with Gasteiger partial charge >= 0.3 is 0 Å². The number of rotatable bonds is 3. The number of nitrogens with zero attached hydrogens (tertiary/aromatic N) is 3. The molecule has 0 radical (unpaired) electrons. The van der Waals surface area contributed by atoms with Gasteiger partial charge in [-0.15, -0.1) is 0 Å². The van der Waals surface area contributed by atoms with Crippen LogP contribution in [0.1, 0.15) is 48.5 Å². The van der Waals surface area contributed by atoms with Gasteiger partial charge < -0.3 is 10.2 Å². The minimum absolute atomic E-state index is 0.0375. The molecule has 1 atom stereocenters. The largest absolute Gasteiger partial charge is 0.370 e. The maximum Gasteiger partial charge on any atom is 0.223 e. The Hall–Kier alpha value is -2.88. The van der Waals surface area contributed by atoms with Gasteiger partial charge in [-0.25, -0.2) is 4.39 Å². The lowest BCUT2D eigenvalue weighted by Gasteiger charge is -2.34. The summed E-state index contributed by atoms with van der Waals surface area (Å²) in [4.78, 5) is 14.8. The maximum absolute atomic E-state index is 13.3. The van der Waals surface area contributed by atoms with Gasteiger partial charge in [0.15, 0.2) is 0 Å². The number of H-pyrrole nitrogens is 1. The van der Waals surface area contributed by atoms with Crippen LogP contribution < -0.4 is 10.2 Å². The van der Waals surface area contributed by atoms with Crippen molar-refractivity contribution in [1.82, 2.24) is 15.5 Å². The van der Waals surface area contributed by atoms with E-state index in [1.54, 1.807) is 6.07 Å². The molecule has 0 bridgehead atoms. The van der Waals surface area contributed by atoms with Crippen LogP contribution in [0.2, 0.25) is 0 Å². The number of hydrogen-bond acceptors (Lipinski definition) is 4. The van der Waals surface area contributed by atoms with Crippen LogP contribution in [0.4, 0.5) is 10.1 Å². The van der Waals surface area contributed by atoms with Crippen molar-refractivity contribution in [2.45, 2.75) is 38.1 Å². The Balaban J connectivity index is 1.37. The molecule has 2 aliphatic rings. The number of hydrogen-bond donors (Lipinski definition) is 2. The normalized spacial score (nSPS) is 20.0. The SMILES string of the molecule is N#Cc1cc(F)ccc1N1CCC(C(=O)NC2CCCc3[nH]ncc32)CC1. The van der Waals surface area contributed by atoms with Crippen molar-refractivity contribution in [1.29, 1.82) is 5.26 Å². The van der Waals surface area contributed by atoms with Crippen molar-refractivity contribution in [3.63, 3.8) is 0 Å². The molecule has 4 rings (SSSR count). The van der Waals surface area contributed by atoms with E-state index in [0.29, 0.717) is 18.7 Å². The summed E-state index contributed by atoms with van der Waals surface area (Å²) in [5, 5.41) is 19.6. The number of aromatic amines is 1. The number of halogens is 1. The van der Waals surface area contributed by atoms with E-state index in [1.165, 1.54) is 12.1 Å². The minimum atomic E-state index is -0.407. The van der Waals surface area contributed by atoms with Gasteiger partial charge in [0.1, 0.15) is 11.9 Å². The van der Waals surface area contributed by atoms with E-state index in [0.717, 1.165) is 49.0 Å². The first kappa shape index (κ1) is 17.5. The Morgan fingerprint density at radius 3 is 2.93 bits per heavy atom. The molecule has 0 spiro atoms. The summed E-state index contributed by atoms with van der Waals surface area (Å²) in [5.41, 5.74) is 3.32. The molecule has 1 aromatic carbocycles. The number of carbonyl (C=O) groups is 1. The Morgan fingerprint density at radius 1 is 1.33 bits per heavy atom. The van der Waals surface area contributed by atoms with E-state index < -0.39 is 5.82 Å². The Bertz CT molecular complexity index is 879. The molecule has 7 heteroatoms. The highest BCUT2D eigenvalue weighted by Gasteiger charge is 2.29. The zero-order valence-electron chi connectivity index (χ0n) is 15.0. The number of fused-ring (bicyclic) bond motifs is 1. The molecule has 140 valence electrons. The predicted octanol–water partition coefficient (Wildman–Crippen LogP) is 2.83. The smallest absolute Gasteiger partial charge is 0.223 e.